The molecule has 0 aromatic heterocycles. The topological polar surface area (TPSA) is 66.6 Å². The SMILES string of the molecule is NC1CCCN(CCCC(=O)O)C1. The van der Waals surface area contributed by atoms with Gasteiger partial charge < -0.3 is 15.7 Å². The first-order chi connectivity index (χ1) is 6.18. The van der Waals surface area contributed by atoms with Crippen LogP contribution < -0.4 is 5.73 Å². The maximum Gasteiger partial charge on any atom is 0.303 e. The van der Waals surface area contributed by atoms with E-state index in [9.17, 15) is 4.79 Å². The summed E-state index contributed by atoms with van der Waals surface area (Å²) < 4.78 is 0. The van der Waals surface area contributed by atoms with Crippen LogP contribution in [0.1, 0.15) is 25.7 Å². The number of carboxylic acid groups (broad SMARTS) is 1. The average Bonchev–Trinajstić information content (AvgIpc) is 2.03. The van der Waals surface area contributed by atoms with Crippen molar-refractivity contribution in [2.45, 2.75) is 31.7 Å². The number of hydrogen-bond acceptors (Lipinski definition) is 3. The minimum atomic E-state index is -0.707. The zero-order valence-corrected chi connectivity index (χ0v) is 7.91. The second-order valence-electron chi connectivity index (χ2n) is 3.70. The third kappa shape index (κ3) is 4.24. The fourth-order valence-corrected chi connectivity index (χ4v) is 1.75. The largest absolute Gasteiger partial charge is 0.481 e. The number of carbonyl (C=O) groups is 1. The number of hydrogen-bond donors (Lipinski definition) is 2. The van der Waals surface area contributed by atoms with Crippen molar-refractivity contribution in [3.05, 3.63) is 0 Å². The molecule has 0 aromatic rings. The van der Waals surface area contributed by atoms with E-state index in [1.54, 1.807) is 0 Å². The molecule has 0 saturated carbocycles. The van der Waals surface area contributed by atoms with Gasteiger partial charge in [0.05, 0.1) is 0 Å². The van der Waals surface area contributed by atoms with Gasteiger partial charge in [-0.15, -0.1) is 0 Å². The summed E-state index contributed by atoms with van der Waals surface area (Å²) in [5, 5.41) is 8.45. The van der Waals surface area contributed by atoms with Gasteiger partial charge >= 0.3 is 5.97 Å². The Hall–Kier alpha value is -0.610. The number of rotatable bonds is 4. The molecule has 1 fully saturated rings. The van der Waals surface area contributed by atoms with Crippen LogP contribution in [0.25, 0.3) is 0 Å². The van der Waals surface area contributed by atoms with Crippen molar-refractivity contribution in [3.8, 4) is 0 Å². The van der Waals surface area contributed by atoms with Crippen molar-refractivity contribution in [3.63, 3.8) is 0 Å². The van der Waals surface area contributed by atoms with Crippen LogP contribution >= 0.6 is 0 Å². The van der Waals surface area contributed by atoms with Crippen molar-refractivity contribution in [2.24, 2.45) is 5.73 Å². The van der Waals surface area contributed by atoms with Crippen molar-refractivity contribution in [1.29, 1.82) is 0 Å². The van der Waals surface area contributed by atoms with Gasteiger partial charge in [-0.3, -0.25) is 4.79 Å². The molecule has 1 unspecified atom stereocenters. The Bertz CT molecular complexity index is 173. The second kappa shape index (κ2) is 5.19. The van der Waals surface area contributed by atoms with Crippen LogP contribution in [-0.2, 0) is 4.79 Å². The van der Waals surface area contributed by atoms with E-state index in [1.807, 2.05) is 0 Å². The van der Waals surface area contributed by atoms with Crippen molar-refractivity contribution in [2.75, 3.05) is 19.6 Å². The first-order valence-corrected chi connectivity index (χ1v) is 4.88. The summed E-state index contributed by atoms with van der Waals surface area (Å²) in [5.41, 5.74) is 5.80. The zero-order chi connectivity index (χ0) is 9.68. The van der Waals surface area contributed by atoms with Crippen LogP contribution in [0.5, 0.6) is 0 Å². The Morgan fingerprint density at radius 3 is 3.00 bits per heavy atom. The third-order valence-electron chi connectivity index (χ3n) is 2.41. The molecule has 0 aliphatic carbocycles. The lowest BCUT2D eigenvalue weighted by Crippen LogP contribution is -2.43. The molecule has 1 atom stereocenters. The van der Waals surface area contributed by atoms with Crippen LogP contribution in [0.4, 0.5) is 0 Å². The lowest BCUT2D eigenvalue weighted by Gasteiger charge is -2.30. The van der Waals surface area contributed by atoms with E-state index in [2.05, 4.69) is 4.90 Å². The Balaban J connectivity index is 2.10. The van der Waals surface area contributed by atoms with Gasteiger partial charge in [-0.25, -0.2) is 0 Å². The molecule has 1 heterocycles. The summed E-state index contributed by atoms with van der Waals surface area (Å²) in [5.74, 6) is -0.707. The van der Waals surface area contributed by atoms with Gasteiger partial charge in [0.25, 0.3) is 0 Å². The molecule has 76 valence electrons. The number of carboxylic acids is 1. The van der Waals surface area contributed by atoms with Gasteiger partial charge in [0, 0.05) is 19.0 Å². The molecule has 0 radical (unpaired) electrons. The minimum Gasteiger partial charge on any atom is -0.481 e. The Morgan fingerprint density at radius 2 is 2.38 bits per heavy atom. The van der Waals surface area contributed by atoms with Gasteiger partial charge in [0.2, 0.25) is 0 Å². The lowest BCUT2D eigenvalue weighted by molar-refractivity contribution is -0.137. The molecule has 1 saturated heterocycles. The van der Waals surface area contributed by atoms with Gasteiger partial charge in [-0.2, -0.15) is 0 Å². The molecule has 3 N–H and O–H groups in total. The average molecular weight is 186 g/mol. The molecule has 1 aliphatic heterocycles. The van der Waals surface area contributed by atoms with Crippen LogP contribution in [-0.4, -0.2) is 41.7 Å². The normalized spacial score (nSPS) is 24.5. The molecule has 0 bridgehead atoms. The van der Waals surface area contributed by atoms with E-state index in [0.717, 1.165) is 38.9 Å². The van der Waals surface area contributed by atoms with Crippen molar-refractivity contribution < 1.29 is 9.90 Å². The minimum absolute atomic E-state index is 0.270. The molecular weight excluding hydrogens is 168 g/mol. The Morgan fingerprint density at radius 1 is 1.62 bits per heavy atom. The molecule has 4 heteroatoms. The highest BCUT2D eigenvalue weighted by molar-refractivity contribution is 5.66. The number of likely N-dealkylation sites (tertiary alicyclic amines) is 1. The van der Waals surface area contributed by atoms with E-state index in [0.29, 0.717) is 6.04 Å². The van der Waals surface area contributed by atoms with E-state index in [1.165, 1.54) is 0 Å². The quantitative estimate of drug-likeness (QED) is 0.661. The molecule has 1 rings (SSSR count). The monoisotopic (exact) mass is 186 g/mol. The molecule has 4 nitrogen and oxygen atoms in total. The van der Waals surface area contributed by atoms with Crippen molar-refractivity contribution >= 4 is 5.97 Å². The number of aliphatic carboxylic acids is 1. The summed E-state index contributed by atoms with van der Waals surface area (Å²) >= 11 is 0. The Labute approximate surface area is 78.7 Å². The van der Waals surface area contributed by atoms with E-state index in [4.69, 9.17) is 10.8 Å². The maximum atomic E-state index is 10.3. The standard InChI is InChI=1S/C9H18N2O2/c10-8-3-1-5-11(7-8)6-2-4-9(12)13/h8H,1-7,10H2,(H,12,13). The zero-order valence-electron chi connectivity index (χ0n) is 7.91. The second-order valence-corrected chi connectivity index (χ2v) is 3.70. The van der Waals surface area contributed by atoms with Gasteiger partial charge in [-0.05, 0) is 32.4 Å². The molecule has 0 aromatic carbocycles. The predicted octanol–water partition coefficient (Wildman–Crippen LogP) is 0.274. The molecule has 1 aliphatic rings. The maximum absolute atomic E-state index is 10.3. The summed E-state index contributed by atoms with van der Waals surface area (Å²) in [7, 11) is 0. The fraction of sp³-hybridized carbons (Fsp3) is 0.889. The molecular formula is C9H18N2O2. The summed E-state index contributed by atoms with van der Waals surface area (Å²) in [4.78, 5) is 12.5. The molecule has 13 heavy (non-hydrogen) atoms. The first kappa shape index (κ1) is 10.5. The first-order valence-electron chi connectivity index (χ1n) is 4.88. The smallest absolute Gasteiger partial charge is 0.303 e. The molecule has 0 spiro atoms. The van der Waals surface area contributed by atoms with Crippen LogP contribution in [0.15, 0.2) is 0 Å². The number of nitrogens with zero attached hydrogens (tertiary/aromatic N) is 1. The summed E-state index contributed by atoms with van der Waals surface area (Å²) in [6.07, 6.45) is 3.26. The number of piperidine rings is 1. The molecule has 0 amide bonds. The highest BCUT2D eigenvalue weighted by Crippen LogP contribution is 2.08. The van der Waals surface area contributed by atoms with E-state index >= 15 is 0 Å². The van der Waals surface area contributed by atoms with Gasteiger partial charge in [0.1, 0.15) is 0 Å². The summed E-state index contributed by atoms with van der Waals surface area (Å²) in [6.45, 7) is 2.88. The summed E-state index contributed by atoms with van der Waals surface area (Å²) in [6, 6.07) is 0.290. The van der Waals surface area contributed by atoms with Crippen molar-refractivity contribution in [1.82, 2.24) is 4.90 Å². The van der Waals surface area contributed by atoms with Crippen LogP contribution in [0, 0.1) is 0 Å². The fourth-order valence-electron chi connectivity index (χ4n) is 1.75. The third-order valence-corrected chi connectivity index (χ3v) is 2.41. The number of nitrogens with two attached hydrogens (primary N) is 1. The van der Waals surface area contributed by atoms with E-state index < -0.39 is 5.97 Å². The van der Waals surface area contributed by atoms with Crippen LogP contribution in [0.3, 0.4) is 0 Å². The van der Waals surface area contributed by atoms with Crippen LogP contribution in [0.2, 0.25) is 0 Å². The van der Waals surface area contributed by atoms with Gasteiger partial charge in [-0.1, -0.05) is 0 Å². The van der Waals surface area contributed by atoms with Gasteiger partial charge in [0.15, 0.2) is 0 Å². The van der Waals surface area contributed by atoms with E-state index in [-0.39, 0.29) is 6.42 Å². The lowest BCUT2D eigenvalue weighted by atomic mass is 10.1. The highest BCUT2D eigenvalue weighted by Gasteiger charge is 2.15. The predicted molar refractivity (Wildman–Crippen MR) is 50.5 cm³/mol. The highest BCUT2D eigenvalue weighted by atomic mass is 16.4. The Kier molecular flexibility index (Phi) is 4.18.